The Morgan fingerprint density at radius 3 is 2.68 bits per heavy atom. The van der Waals surface area contributed by atoms with Crippen LogP contribution in [0.2, 0.25) is 0 Å². The predicted octanol–water partition coefficient (Wildman–Crippen LogP) is 4.47. The van der Waals surface area contributed by atoms with E-state index in [-0.39, 0.29) is 11.9 Å². The minimum Gasteiger partial charge on any atom is -0.493 e. The summed E-state index contributed by atoms with van der Waals surface area (Å²) in [6.07, 6.45) is 0.776. The number of hydrogen-bond donors (Lipinski definition) is 0. The molecule has 6 nitrogen and oxygen atoms in total. The first kappa shape index (κ1) is 20.0. The third-order valence-corrected chi connectivity index (χ3v) is 7.41. The Balaban J connectivity index is 1.52. The van der Waals surface area contributed by atoms with E-state index < -0.39 is 0 Å². The molecular weight excluding hydrogens is 410 g/mol. The Bertz CT molecular complexity index is 1190. The molecule has 2 aliphatic rings. The van der Waals surface area contributed by atoms with Crippen LogP contribution in [0.25, 0.3) is 11.3 Å². The molecule has 0 saturated carbocycles. The summed E-state index contributed by atoms with van der Waals surface area (Å²) >= 11 is 1.77. The molecule has 0 saturated heterocycles. The van der Waals surface area contributed by atoms with Crippen molar-refractivity contribution in [2.45, 2.75) is 30.0 Å². The number of ether oxygens (including phenoxy) is 2. The fourth-order valence-electron chi connectivity index (χ4n) is 4.71. The molecule has 2 aliphatic heterocycles. The van der Waals surface area contributed by atoms with Crippen molar-refractivity contribution < 1.29 is 14.3 Å². The Hall–Kier alpha value is -2.93. The Kier molecular flexibility index (Phi) is 4.93. The van der Waals surface area contributed by atoms with E-state index in [2.05, 4.69) is 30.2 Å². The Morgan fingerprint density at radius 2 is 1.90 bits per heavy atom. The maximum atomic E-state index is 13.7. The number of thioether (sulfide) groups is 1. The summed E-state index contributed by atoms with van der Waals surface area (Å²) in [5, 5.41) is 4.69. The normalized spacial score (nSPS) is 16.9. The Morgan fingerprint density at radius 1 is 1.16 bits per heavy atom. The van der Waals surface area contributed by atoms with E-state index in [1.165, 1.54) is 10.5 Å². The van der Waals surface area contributed by atoms with Crippen molar-refractivity contribution in [3.8, 4) is 22.8 Å². The van der Waals surface area contributed by atoms with Gasteiger partial charge in [-0.25, -0.2) is 0 Å². The van der Waals surface area contributed by atoms with Crippen LogP contribution in [-0.2, 0) is 19.2 Å². The van der Waals surface area contributed by atoms with Gasteiger partial charge < -0.3 is 14.4 Å². The van der Waals surface area contributed by atoms with E-state index in [1.807, 2.05) is 34.8 Å². The third-order valence-electron chi connectivity index (χ3n) is 6.31. The van der Waals surface area contributed by atoms with Gasteiger partial charge >= 0.3 is 0 Å². The highest BCUT2D eigenvalue weighted by Crippen LogP contribution is 2.43. The number of hydrogen-bond acceptors (Lipinski definition) is 5. The minimum absolute atomic E-state index is 0.00948. The van der Waals surface area contributed by atoms with Crippen LogP contribution in [0.5, 0.6) is 11.5 Å². The first-order valence-corrected chi connectivity index (χ1v) is 11.4. The van der Waals surface area contributed by atoms with E-state index in [0.29, 0.717) is 18.0 Å². The van der Waals surface area contributed by atoms with Crippen LogP contribution < -0.4 is 9.47 Å². The number of benzene rings is 2. The van der Waals surface area contributed by atoms with Gasteiger partial charge in [-0.05, 0) is 42.7 Å². The molecule has 1 aromatic heterocycles. The van der Waals surface area contributed by atoms with Crippen molar-refractivity contribution in [1.82, 2.24) is 14.7 Å². The van der Waals surface area contributed by atoms with Gasteiger partial charge in [0, 0.05) is 35.4 Å². The molecule has 0 N–H and O–H groups in total. The van der Waals surface area contributed by atoms with Gasteiger partial charge in [-0.3, -0.25) is 9.48 Å². The molecule has 7 heteroatoms. The summed E-state index contributed by atoms with van der Waals surface area (Å²) in [4.78, 5) is 16.8. The van der Waals surface area contributed by atoms with Gasteiger partial charge in [0.2, 0.25) is 0 Å². The summed E-state index contributed by atoms with van der Waals surface area (Å²) in [5.41, 5.74) is 6.09. The molecule has 160 valence electrons. The van der Waals surface area contributed by atoms with Crippen LogP contribution >= 0.6 is 11.8 Å². The molecule has 0 unspecified atom stereocenters. The SMILES string of the molecule is COc1cc2c(cc1OC)[C@@H](C)N(C(=O)c1nn(C)c3c1CSc1ccccc1-3)CC2. The zero-order valence-electron chi connectivity index (χ0n) is 18.1. The Labute approximate surface area is 186 Å². The van der Waals surface area contributed by atoms with E-state index in [9.17, 15) is 4.79 Å². The molecule has 0 fully saturated rings. The molecule has 0 spiro atoms. The van der Waals surface area contributed by atoms with E-state index in [4.69, 9.17) is 9.47 Å². The fourth-order valence-corrected chi connectivity index (χ4v) is 5.78. The average molecular weight is 436 g/mol. The molecule has 2 aromatic carbocycles. The van der Waals surface area contributed by atoms with Crippen molar-refractivity contribution in [1.29, 1.82) is 0 Å². The third kappa shape index (κ3) is 3.10. The fraction of sp³-hybridized carbons (Fsp3) is 0.333. The second kappa shape index (κ2) is 7.64. The minimum atomic E-state index is -0.0720. The highest BCUT2D eigenvalue weighted by atomic mass is 32.2. The van der Waals surface area contributed by atoms with Gasteiger partial charge in [0.1, 0.15) is 0 Å². The van der Waals surface area contributed by atoms with Gasteiger partial charge in [0.05, 0.1) is 26.0 Å². The number of carbonyl (C=O) groups excluding carboxylic acids is 1. The largest absolute Gasteiger partial charge is 0.493 e. The monoisotopic (exact) mass is 435 g/mol. The molecule has 1 atom stereocenters. The first-order valence-electron chi connectivity index (χ1n) is 10.4. The van der Waals surface area contributed by atoms with Crippen LogP contribution in [0.15, 0.2) is 41.3 Å². The van der Waals surface area contributed by atoms with E-state index in [1.54, 1.807) is 26.0 Å². The molecule has 3 aromatic rings. The van der Waals surface area contributed by atoms with Crippen LogP contribution in [0.4, 0.5) is 0 Å². The lowest BCUT2D eigenvalue weighted by molar-refractivity contribution is 0.0669. The van der Waals surface area contributed by atoms with Crippen molar-refractivity contribution in [2.75, 3.05) is 20.8 Å². The average Bonchev–Trinajstić information content (AvgIpc) is 3.15. The zero-order chi connectivity index (χ0) is 21.7. The van der Waals surface area contributed by atoms with Gasteiger partial charge in [-0.15, -0.1) is 11.8 Å². The molecule has 5 rings (SSSR count). The van der Waals surface area contributed by atoms with Gasteiger partial charge in [0.15, 0.2) is 17.2 Å². The molecule has 0 bridgehead atoms. The van der Waals surface area contributed by atoms with Crippen molar-refractivity contribution in [3.63, 3.8) is 0 Å². The molecule has 1 amide bonds. The first-order chi connectivity index (χ1) is 15.0. The number of nitrogens with zero attached hydrogens (tertiary/aromatic N) is 3. The summed E-state index contributed by atoms with van der Waals surface area (Å²) in [6.45, 7) is 2.72. The number of amides is 1. The quantitative estimate of drug-likeness (QED) is 0.608. The van der Waals surface area contributed by atoms with Gasteiger partial charge in [0.25, 0.3) is 5.91 Å². The topological polar surface area (TPSA) is 56.6 Å². The molecule has 0 aliphatic carbocycles. The van der Waals surface area contributed by atoms with Crippen molar-refractivity contribution in [3.05, 3.63) is 58.8 Å². The maximum Gasteiger partial charge on any atom is 0.275 e. The van der Waals surface area contributed by atoms with Gasteiger partial charge in [-0.1, -0.05) is 18.2 Å². The lowest BCUT2D eigenvalue weighted by Gasteiger charge is -2.35. The van der Waals surface area contributed by atoms with Crippen molar-refractivity contribution >= 4 is 17.7 Å². The second-order valence-corrected chi connectivity index (χ2v) is 8.93. The van der Waals surface area contributed by atoms with Crippen LogP contribution in [0.3, 0.4) is 0 Å². The number of fused-ring (bicyclic) bond motifs is 4. The van der Waals surface area contributed by atoms with Crippen LogP contribution in [0, 0.1) is 0 Å². The summed E-state index contributed by atoms with van der Waals surface area (Å²) in [6, 6.07) is 12.3. The number of methoxy groups -OCH3 is 2. The lowest BCUT2D eigenvalue weighted by atomic mass is 9.92. The van der Waals surface area contributed by atoms with Crippen LogP contribution in [-0.4, -0.2) is 41.4 Å². The highest BCUT2D eigenvalue weighted by molar-refractivity contribution is 7.98. The number of carbonyl (C=O) groups is 1. The molecule has 0 radical (unpaired) electrons. The van der Waals surface area contributed by atoms with E-state index in [0.717, 1.165) is 40.3 Å². The lowest BCUT2D eigenvalue weighted by Crippen LogP contribution is -2.39. The number of aryl methyl sites for hydroxylation is 1. The van der Waals surface area contributed by atoms with E-state index >= 15 is 0 Å². The molecular formula is C24H25N3O3S. The van der Waals surface area contributed by atoms with Crippen LogP contribution in [0.1, 0.15) is 40.1 Å². The number of aromatic nitrogens is 2. The summed E-state index contributed by atoms with van der Waals surface area (Å²) in [7, 11) is 5.21. The molecule has 3 heterocycles. The smallest absolute Gasteiger partial charge is 0.275 e. The summed E-state index contributed by atoms with van der Waals surface area (Å²) in [5.74, 6) is 2.16. The van der Waals surface area contributed by atoms with Gasteiger partial charge in [-0.2, -0.15) is 5.10 Å². The zero-order valence-corrected chi connectivity index (χ0v) is 19.0. The van der Waals surface area contributed by atoms with Crippen molar-refractivity contribution in [2.24, 2.45) is 7.05 Å². The standard InChI is InChI=1S/C24H25N3O3S/c1-14-17-12-20(30-4)19(29-3)11-15(17)9-10-27(14)24(28)22-18-13-31-21-8-6-5-7-16(21)23(18)26(2)25-22/h5-8,11-12,14H,9-10,13H2,1-4H3/t14-/m1/s1. The highest BCUT2D eigenvalue weighted by Gasteiger charge is 2.34. The molecule has 31 heavy (non-hydrogen) atoms. The number of rotatable bonds is 3. The summed E-state index contributed by atoms with van der Waals surface area (Å²) < 4.78 is 12.8. The second-order valence-electron chi connectivity index (χ2n) is 7.91. The predicted molar refractivity (Wildman–Crippen MR) is 121 cm³/mol. The maximum absolute atomic E-state index is 13.7.